The third-order valence-corrected chi connectivity index (χ3v) is 5.64. The molecule has 6 nitrogen and oxygen atoms in total. The van der Waals surface area contributed by atoms with Crippen molar-refractivity contribution in [1.82, 2.24) is 9.55 Å². The molecule has 0 bridgehead atoms. The van der Waals surface area contributed by atoms with Crippen LogP contribution in [0.15, 0.2) is 71.9 Å². The van der Waals surface area contributed by atoms with Crippen molar-refractivity contribution in [1.29, 1.82) is 0 Å². The van der Waals surface area contributed by atoms with Gasteiger partial charge in [0.1, 0.15) is 17.2 Å². The van der Waals surface area contributed by atoms with Crippen LogP contribution in [0.3, 0.4) is 0 Å². The van der Waals surface area contributed by atoms with Gasteiger partial charge in [-0.15, -0.1) is 0 Å². The van der Waals surface area contributed by atoms with E-state index in [1.165, 1.54) is 24.9 Å². The molecule has 1 N–H and O–H groups in total. The number of thioether (sulfide) groups is 1. The summed E-state index contributed by atoms with van der Waals surface area (Å²) in [5.41, 5.74) is 2.97. The van der Waals surface area contributed by atoms with E-state index in [4.69, 9.17) is 14.5 Å². The van der Waals surface area contributed by atoms with Gasteiger partial charge in [0.05, 0.1) is 36.6 Å². The van der Waals surface area contributed by atoms with E-state index in [1.807, 2.05) is 53.1 Å². The Morgan fingerprint density at radius 1 is 1.00 bits per heavy atom. The van der Waals surface area contributed by atoms with Crippen LogP contribution in [0.4, 0.5) is 0 Å². The molecule has 0 radical (unpaired) electrons. The summed E-state index contributed by atoms with van der Waals surface area (Å²) in [6.45, 7) is 0. The molecule has 3 aromatic carbocycles. The molecule has 0 aliphatic carbocycles. The lowest BCUT2D eigenvalue weighted by Crippen LogP contribution is -2.05. The Labute approximate surface area is 178 Å². The molecule has 1 aromatic heterocycles. The van der Waals surface area contributed by atoms with Crippen LogP contribution in [0.5, 0.6) is 17.2 Å². The molecule has 0 saturated heterocycles. The number of Topliss-reactive ketones (excluding diaryl/α,β-unsaturated/α-hetero) is 1. The fourth-order valence-electron chi connectivity index (χ4n) is 3.16. The maximum atomic E-state index is 12.7. The predicted octanol–water partition coefficient (Wildman–Crippen LogP) is 4.72. The quantitative estimate of drug-likeness (QED) is 0.344. The van der Waals surface area contributed by atoms with E-state index in [2.05, 4.69) is 0 Å². The lowest BCUT2D eigenvalue weighted by Gasteiger charge is -2.10. The van der Waals surface area contributed by atoms with Gasteiger partial charge in [0, 0.05) is 11.8 Å². The largest absolute Gasteiger partial charge is 0.507 e. The number of aromatic nitrogens is 2. The summed E-state index contributed by atoms with van der Waals surface area (Å²) < 4.78 is 12.3. The minimum atomic E-state index is -0.187. The zero-order chi connectivity index (χ0) is 21.1. The summed E-state index contributed by atoms with van der Waals surface area (Å²) in [7, 11) is 3.14. The van der Waals surface area contributed by atoms with Gasteiger partial charge in [-0.25, -0.2) is 4.98 Å². The smallest absolute Gasteiger partial charge is 0.176 e. The molecule has 0 fully saturated rings. The summed E-state index contributed by atoms with van der Waals surface area (Å²) >= 11 is 1.33. The van der Waals surface area contributed by atoms with E-state index in [0.717, 1.165) is 22.5 Å². The Morgan fingerprint density at radius 2 is 1.70 bits per heavy atom. The van der Waals surface area contributed by atoms with E-state index >= 15 is 0 Å². The van der Waals surface area contributed by atoms with Crippen LogP contribution in [-0.2, 0) is 0 Å². The van der Waals surface area contributed by atoms with E-state index in [1.54, 1.807) is 19.2 Å². The first-order valence-corrected chi connectivity index (χ1v) is 10.2. The number of hydrogen-bond acceptors (Lipinski definition) is 6. The Morgan fingerprint density at radius 3 is 2.40 bits per heavy atom. The van der Waals surface area contributed by atoms with Crippen molar-refractivity contribution in [3.63, 3.8) is 0 Å². The second-order valence-corrected chi connectivity index (χ2v) is 7.45. The van der Waals surface area contributed by atoms with Crippen LogP contribution in [0.1, 0.15) is 10.4 Å². The van der Waals surface area contributed by atoms with Crippen molar-refractivity contribution in [3.05, 3.63) is 72.3 Å². The number of fused-ring (bicyclic) bond motifs is 1. The molecule has 30 heavy (non-hydrogen) atoms. The van der Waals surface area contributed by atoms with Crippen molar-refractivity contribution >= 4 is 28.6 Å². The van der Waals surface area contributed by atoms with Gasteiger partial charge in [-0.05, 0) is 48.5 Å². The Balaban J connectivity index is 1.65. The Kier molecular flexibility index (Phi) is 5.63. The highest BCUT2D eigenvalue weighted by atomic mass is 32.2. The normalized spacial score (nSPS) is 10.9. The number of benzene rings is 3. The molecule has 4 aromatic rings. The first-order valence-electron chi connectivity index (χ1n) is 9.25. The van der Waals surface area contributed by atoms with Crippen molar-refractivity contribution < 1.29 is 19.4 Å². The molecule has 0 atom stereocenters. The molecule has 0 aliphatic rings. The van der Waals surface area contributed by atoms with Crippen LogP contribution in [0.2, 0.25) is 0 Å². The molecule has 1 heterocycles. The number of ether oxygens (including phenoxy) is 2. The molecule has 7 heteroatoms. The van der Waals surface area contributed by atoms with Gasteiger partial charge in [0.25, 0.3) is 0 Å². The van der Waals surface area contributed by atoms with E-state index in [9.17, 15) is 9.90 Å². The highest BCUT2D eigenvalue weighted by Crippen LogP contribution is 2.30. The number of nitrogens with zero attached hydrogens (tertiary/aromatic N) is 2. The predicted molar refractivity (Wildman–Crippen MR) is 117 cm³/mol. The summed E-state index contributed by atoms with van der Waals surface area (Å²) in [5, 5.41) is 10.8. The number of carbonyl (C=O) groups excluding carboxylic acids is 1. The van der Waals surface area contributed by atoms with Gasteiger partial charge in [-0.1, -0.05) is 23.9 Å². The Hall–Kier alpha value is -3.45. The number of phenolic OH excluding ortho intramolecular Hbond substituents is 1. The average Bonchev–Trinajstić information content (AvgIpc) is 3.15. The minimum absolute atomic E-state index is 0.0939. The molecule has 0 saturated carbocycles. The summed E-state index contributed by atoms with van der Waals surface area (Å²) in [6.07, 6.45) is 0. The van der Waals surface area contributed by atoms with Gasteiger partial charge in [-0.2, -0.15) is 0 Å². The SMILES string of the molecule is COc1ccc(-n2c(SCC(=O)c3ccc(OC)cc3O)nc3ccccc32)cc1. The fraction of sp³-hybridized carbons (Fsp3) is 0.130. The van der Waals surface area contributed by atoms with Gasteiger partial charge in [-0.3, -0.25) is 9.36 Å². The number of rotatable bonds is 7. The molecule has 152 valence electrons. The van der Waals surface area contributed by atoms with Crippen molar-refractivity contribution in [2.75, 3.05) is 20.0 Å². The molecule has 0 aliphatic heterocycles. The zero-order valence-electron chi connectivity index (χ0n) is 16.5. The molecule has 4 rings (SSSR count). The van der Waals surface area contributed by atoms with Crippen LogP contribution >= 0.6 is 11.8 Å². The average molecular weight is 420 g/mol. The molecule has 0 unspecified atom stereocenters. The number of para-hydroxylation sites is 2. The number of carbonyl (C=O) groups is 1. The van der Waals surface area contributed by atoms with Crippen molar-refractivity contribution in [2.24, 2.45) is 0 Å². The lowest BCUT2D eigenvalue weighted by atomic mass is 10.1. The number of imidazole rings is 1. The number of aromatic hydroxyl groups is 1. The van der Waals surface area contributed by atoms with Crippen LogP contribution < -0.4 is 9.47 Å². The Bertz CT molecular complexity index is 1200. The minimum Gasteiger partial charge on any atom is -0.507 e. The number of ketones is 1. The third-order valence-electron chi connectivity index (χ3n) is 4.70. The maximum Gasteiger partial charge on any atom is 0.176 e. The van der Waals surface area contributed by atoms with Crippen LogP contribution in [0, 0.1) is 0 Å². The highest BCUT2D eigenvalue weighted by molar-refractivity contribution is 7.99. The van der Waals surface area contributed by atoms with Gasteiger partial charge in [0.2, 0.25) is 0 Å². The first kappa shape index (κ1) is 19.8. The fourth-order valence-corrected chi connectivity index (χ4v) is 4.08. The summed E-state index contributed by atoms with van der Waals surface area (Å²) in [4.78, 5) is 17.4. The van der Waals surface area contributed by atoms with Crippen molar-refractivity contribution in [2.45, 2.75) is 5.16 Å². The van der Waals surface area contributed by atoms with Gasteiger partial charge >= 0.3 is 0 Å². The lowest BCUT2D eigenvalue weighted by molar-refractivity contribution is 0.102. The second-order valence-electron chi connectivity index (χ2n) is 6.51. The summed E-state index contributed by atoms with van der Waals surface area (Å²) in [6, 6.07) is 20.2. The number of phenols is 1. The second kappa shape index (κ2) is 8.51. The monoisotopic (exact) mass is 420 g/mol. The van der Waals surface area contributed by atoms with E-state index in [-0.39, 0.29) is 22.8 Å². The number of methoxy groups -OCH3 is 2. The third kappa shape index (κ3) is 3.84. The standard InChI is InChI=1S/C23H20N2O4S/c1-28-16-9-7-15(8-10-16)25-20-6-4-3-5-19(20)24-23(25)30-14-22(27)18-12-11-17(29-2)13-21(18)26/h3-13,26H,14H2,1-2H3. The molecular weight excluding hydrogens is 400 g/mol. The molecule has 0 amide bonds. The summed E-state index contributed by atoms with van der Waals surface area (Å²) in [5.74, 6) is 1.12. The van der Waals surface area contributed by atoms with E-state index in [0.29, 0.717) is 10.9 Å². The first-order chi connectivity index (χ1) is 14.6. The van der Waals surface area contributed by atoms with Gasteiger partial charge < -0.3 is 14.6 Å². The van der Waals surface area contributed by atoms with Crippen molar-refractivity contribution in [3.8, 4) is 22.9 Å². The number of hydrogen-bond donors (Lipinski definition) is 1. The molecule has 0 spiro atoms. The molecular formula is C23H20N2O4S. The highest BCUT2D eigenvalue weighted by Gasteiger charge is 2.17. The van der Waals surface area contributed by atoms with Crippen LogP contribution in [-0.4, -0.2) is 40.4 Å². The van der Waals surface area contributed by atoms with Gasteiger partial charge in [0.15, 0.2) is 10.9 Å². The maximum absolute atomic E-state index is 12.7. The van der Waals surface area contributed by atoms with E-state index < -0.39 is 0 Å². The topological polar surface area (TPSA) is 73.6 Å². The van der Waals surface area contributed by atoms with Crippen LogP contribution in [0.25, 0.3) is 16.7 Å². The zero-order valence-corrected chi connectivity index (χ0v) is 17.3.